The van der Waals surface area contributed by atoms with Gasteiger partial charge in [-0.05, 0) is 56.7 Å². The molecule has 1 unspecified atom stereocenters. The smallest absolute Gasteiger partial charge is 0.338 e. The lowest BCUT2D eigenvalue weighted by Crippen LogP contribution is -2.47. The standard InChI is InChI=1S/C26H30N2O8/c1-5-33-20-13-10-17(14-21(20)34-6-2)24(29)36-15-19-22(25(30)35-7-3)23(28-26(31)27-19)16-8-11-18(32-4)12-9-16/h8-14,23H,5-7,15H2,1-4H3,(H2,27,28,31). The van der Waals surface area contributed by atoms with Crippen LogP contribution in [0, 0.1) is 0 Å². The van der Waals surface area contributed by atoms with Crippen LogP contribution in [0.25, 0.3) is 0 Å². The van der Waals surface area contributed by atoms with E-state index in [9.17, 15) is 14.4 Å². The van der Waals surface area contributed by atoms with Gasteiger partial charge in [0.1, 0.15) is 12.4 Å². The van der Waals surface area contributed by atoms with E-state index in [1.165, 1.54) is 6.07 Å². The molecule has 2 amide bonds. The summed E-state index contributed by atoms with van der Waals surface area (Å²) in [7, 11) is 1.54. The van der Waals surface area contributed by atoms with Crippen LogP contribution in [0.2, 0.25) is 0 Å². The summed E-state index contributed by atoms with van der Waals surface area (Å²) in [6, 6.07) is 10.2. The second-order valence-corrected chi connectivity index (χ2v) is 7.52. The lowest BCUT2D eigenvalue weighted by molar-refractivity contribution is -0.139. The minimum atomic E-state index is -0.813. The quantitative estimate of drug-likeness (QED) is 0.452. The van der Waals surface area contributed by atoms with Gasteiger partial charge in [-0.15, -0.1) is 0 Å². The average Bonchev–Trinajstić information content (AvgIpc) is 2.88. The molecule has 1 atom stereocenters. The van der Waals surface area contributed by atoms with E-state index < -0.39 is 24.0 Å². The Bertz CT molecular complexity index is 1130. The van der Waals surface area contributed by atoms with Gasteiger partial charge in [-0.25, -0.2) is 14.4 Å². The van der Waals surface area contributed by atoms with E-state index in [4.69, 9.17) is 23.7 Å². The van der Waals surface area contributed by atoms with Crippen LogP contribution in [-0.4, -0.2) is 51.5 Å². The number of ether oxygens (including phenoxy) is 5. The van der Waals surface area contributed by atoms with Crippen LogP contribution in [0.15, 0.2) is 53.7 Å². The van der Waals surface area contributed by atoms with Crippen molar-refractivity contribution in [2.45, 2.75) is 26.8 Å². The third kappa shape index (κ3) is 6.26. The largest absolute Gasteiger partial charge is 0.497 e. The second kappa shape index (κ2) is 12.5. The molecule has 0 aliphatic carbocycles. The molecular weight excluding hydrogens is 468 g/mol. The molecule has 1 heterocycles. The number of methoxy groups -OCH3 is 1. The summed E-state index contributed by atoms with van der Waals surface area (Å²) in [4.78, 5) is 38.1. The summed E-state index contributed by atoms with van der Waals surface area (Å²) in [6.07, 6.45) is 0. The summed E-state index contributed by atoms with van der Waals surface area (Å²) in [5.74, 6) is 0.239. The highest BCUT2D eigenvalue weighted by Crippen LogP contribution is 2.31. The fourth-order valence-electron chi connectivity index (χ4n) is 3.63. The first-order valence-electron chi connectivity index (χ1n) is 11.6. The van der Waals surface area contributed by atoms with Crippen LogP contribution >= 0.6 is 0 Å². The Balaban J connectivity index is 1.89. The maximum atomic E-state index is 12.9. The summed E-state index contributed by atoms with van der Waals surface area (Å²) in [6.45, 7) is 5.95. The SMILES string of the molecule is CCOC(=O)C1=C(COC(=O)c2ccc(OCC)c(OCC)c2)NC(=O)NC1c1ccc(OC)cc1. The monoisotopic (exact) mass is 498 g/mol. The number of benzene rings is 2. The van der Waals surface area contributed by atoms with Gasteiger partial charge in [0.2, 0.25) is 0 Å². The fourth-order valence-corrected chi connectivity index (χ4v) is 3.63. The number of urea groups is 1. The molecule has 0 bridgehead atoms. The molecule has 2 N–H and O–H groups in total. The number of hydrogen-bond donors (Lipinski definition) is 2. The Morgan fingerprint density at radius 3 is 2.19 bits per heavy atom. The summed E-state index contributed by atoms with van der Waals surface area (Å²) in [5, 5.41) is 5.30. The normalized spacial score (nSPS) is 14.9. The molecular formula is C26H30N2O8. The fraction of sp³-hybridized carbons (Fsp3) is 0.346. The summed E-state index contributed by atoms with van der Waals surface area (Å²) < 4.78 is 27.0. The number of carbonyl (C=O) groups excluding carboxylic acids is 3. The molecule has 0 saturated carbocycles. The van der Waals surface area contributed by atoms with Crippen LogP contribution in [0.5, 0.6) is 17.2 Å². The highest BCUT2D eigenvalue weighted by atomic mass is 16.5. The first-order valence-corrected chi connectivity index (χ1v) is 11.6. The molecule has 3 rings (SSSR count). The molecule has 2 aromatic rings. The molecule has 0 fully saturated rings. The van der Waals surface area contributed by atoms with Crippen LogP contribution in [0.1, 0.15) is 42.7 Å². The van der Waals surface area contributed by atoms with E-state index in [1.54, 1.807) is 50.4 Å². The number of nitrogens with one attached hydrogen (secondary N) is 2. The Kier molecular flexibility index (Phi) is 9.15. The van der Waals surface area contributed by atoms with E-state index in [2.05, 4.69) is 10.6 Å². The van der Waals surface area contributed by atoms with Gasteiger partial charge >= 0.3 is 18.0 Å². The Morgan fingerprint density at radius 1 is 0.861 bits per heavy atom. The van der Waals surface area contributed by atoms with Gasteiger partial charge in [-0.1, -0.05) is 12.1 Å². The predicted molar refractivity (Wildman–Crippen MR) is 130 cm³/mol. The van der Waals surface area contributed by atoms with Crippen molar-refractivity contribution in [2.75, 3.05) is 33.5 Å². The number of carbonyl (C=O) groups is 3. The van der Waals surface area contributed by atoms with Crippen molar-refractivity contribution in [2.24, 2.45) is 0 Å². The number of rotatable bonds is 11. The highest BCUT2D eigenvalue weighted by molar-refractivity contribution is 5.95. The van der Waals surface area contributed by atoms with Gasteiger partial charge in [0.25, 0.3) is 0 Å². The molecule has 10 heteroatoms. The summed E-state index contributed by atoms with van der Waals surface area (Å²) >= 11 is 0. The van der Waals surface area contributed by atoms with Crippen LogP contribution in [0.3, 0.4) is 0 Å². The number of esters is 2. The average molecular weight is 499 g/mol. The lowest BCUT2D eigenvalue weighted by Gasteiger charge is -2.29. The Morgan fingerprint density at radius 2 is 1.56 bits per heavy atom. The van der Waals surface area contributed by atoms with Crippen molar-refractivity contribution < 1.29 is 38.1 Å². The maximum Gasteiger partial charge on any atom is 0.338 e. The molecule has 0 aromatic heterocycles. The minimum absolute atomic E-state index is 0.127. The maximum absolute atomic E-state index is 12.9. The Labute approximate surface area is 209 Å². The van der Waals surface area contributed by atoms with Crippen molar-refractivity contribution in [1.29, 1.82) is 0 Å². The third-order valence-corrected chi connectivity index (χ3v) is 5.22. The molecule has 1 aliphatic rings. The van der Waals surface area contributed by atoms with Crippen molar-refractivity contribution in [3.8, 4) is 17.2 Å². The molecule has 36 heavy (non-hydrogen) atoms. The van der Waals surface area contributed by atoms with Crippen LogP contribution < -0.4 is 24.8 Å². The zero-order valence-corrected chi connectivity index (χ0v) is 20.7. The zero-order chi connectivity index (χ0) is 26.1. The van der Waals surface area contributed by atoms with Crippen molar-refractivity contribution in [3.63, 3.8) is 0 Å². The molecule has 0 radical (unpaired) electrons. The number of hydrogen-bond acceptors (Lipinski definition) is 8. The van der Waals surface area contributed by atoms with Crippen LogP contribution in [0.4, 0.5) is 4.79 Å². The molecule has 0 saturated heterocycles. The summed E-state index contributed by atoms with van der Waals surface area (Å²) in [5.41, 5.74) is 1.12. The second-order valence-electron chi connectivity index (χ2n) is 7.52. The van der Waals surface area contributed by atoms with Crippen molar-refractivity contribution in [1.82, 2.24) is 10.6 Å². The van der Waals surface area contributed by atoms with Gasteiger partial charge in [-0.2, -0.15) is 0 Å². The number of amides is 2. The van der Waals surface area contributed by atoms with E-state index >= 15 is 0 Å². The molecule has 2 aromatic carbocycles. The van der Waals surface area contributed by atoms with Gasteiger partial charge in [-0.3, -0.25) is 0 Å². The van der Waals surface area contributed by atoms with Crippen LogP contribution in [-0.2, 0) is 14.3 Å². The lowest BCUT2D eigenvalue weighted by atomic mass is 9.95. The van der Waals surface area contributed by atoms with Gasteiger partial charge in [0.15, 0.2) is 11.5 Å². The molecule has 0 spiro atoms. The zero-order valence-electron chi connectivity index (χ0n) is 20.7. The van der Waals surface area contributed by atoms with E-state index in [-0.39, 0.29) is 30.0 Å². The van der Waals surface area contributed by atoms with E-state index in [1.807, 2.05) is 13.8 Å². The van der Waals surface area contributed by atoms with Gasteiger partial charge in [0, 0.05) is 0 Å². The topological polar surface area (TPSA) is 121 Å². The molecule has 1 aliphatic heterocycles. The van der Waals surface area contributed by atoms with Crippen molar-refractivity contribution >= 4 is 18.0 Å². The Hall–Kier alpha value is -4.21. The predicted octanol–water partition coefficient (Wildman–Crippen LogP) is 3.52. The van der Waals surface area contributed by atoms with Crippen molar-refractivity contribution in [3.05, 3.63) is 64.9 Å². The first kappa shape index (κ1) is 26.4. The molecule has 10 nitrogen and oxygen atoms in total. The first-order chi connectivity index (χ1) is 17.4. The third-order valence-electron chi connectivity index (χ3n) is 5.22. The van der Waals surface area contributed by atoms with E-state index in [0.29, 0.717) is 36.0 Å². The van der Waals surface area contributed by atoms with E-state index in [0.717, 1.165) is 0 Å². The molecule has 192 valence electrons. The van der Waals surface area contributed by atoms with Gasteiger partial charge < -0.3 is 34.3 Å². The minimum Gasteiger partial charge on any atom is -0.497 e. The highest BCUT2D eigenvalue weighted by Gasteiger charge is 2.34. The van der Waals surface area contributed by atoms with Gasteiger partial charge in [0.05, 0.1) is 49.8 Å².